The average Bonchev–Trinajstić information content (AvgIpc) is 3.17. The zero-order valence-electron chi connectivity index (χ0n) is 16.7. The zero-order valence-corrected chi connectivity index (χ0v) is 16.7. The van der Waals surface area contributed by atoms with Crippen LogP contribution in [-0.2, 0) is 9.53 Å². The van der Waals surface area contributed by atoms with Crippen LogP contribution < -0.4 is 9.80 Å². The number of ether oxygens (including phenoxy) is 1. The first-order chi connectivity index (χ1) is 14.3. The predicted octanol–water partition coefficient (Wildman–Crippen LogP) is 2.83. The molecular weight excluding hydrogens is 390 g/mol. The van der Waals surface area contributed by atoms with E-state index in [1.807, 2.05) is 0 Å². The molecule has 0 unspecified atom stereocenters. The maximum absolute atomic E-state index is 12.5. The molecule has 0 saturated carbocycles. The van der Waals surface area contributed by atoms with Gasteiger partial charge in [-0.15, -0.1) is 0 Å². The van der Waals surface area contributed by atoms with Crippen LogP contribution >= 0.6 is 0 Å². The normalized spacial score (nSPS) is 13.3. The molecule has 3 rings (SSSR count). The second-order valence-corrected chi connectivity index (χ2v) is 7.05. The third kappa shape index (κ3) is 4.45. The van der Waals surface area contributed by atoms with Gasteiger partial charge in [0.15, 0.2) is 12.4 Å². The summed E-state index contributed by atoms with van der Waals surface area (Å²) in [5, 5.41) is 11.0. The Morgan fingerprint density at radius 3 is 2.60 bits per heavy atom. The lowest BCUT2D eigenvalue weighted by Gasteiger charge is -2.17. The van der Waals surface area contributed by atoms with Crippen molar-refractivity contribution in [2.24, 2.45) is 0 Å². The molecule has 1 fully saturated rings. The van der Waals surface area contributed by atoms with Gasteiger partial charge >= 0.3 is 5.97 Å². The van der Waals surface area contributed by atoms with Crippen molar-refractivity contribution in [3.63, 3.8) is 0 Å². The van der Waals surface area contributed by atoms with E-state index in [1.165, 1.54) is 12.1 Å². The Morgan fingerprint density at radius 2 is 1.97 bits per heavy atom. The topological polar surface area (TPSA) is 110 Å². The minimum Gasteiger partial charge on any atom is -0.454 e. The Bertz CT molecular complexity index is 1020. The summed E-state index contributed by atoms with van der Waals surface area (Å²) >= 11 is 0. The van der Waals surface area contributed by atoms with E-state index < -0.39 is 23.3 Å². The van der Waals surface area contributed by atoms with Gasteiger partial charge in [-0.2, -0.15) is 0 Å². The molecule has 1 aliphatic rings. The van der Waals surface area contributed by atoms with Crippen LogP contribution in [0.3, 0.4) is 0 Å². The number of benzene rings is 2. The van der Waals surface area contributed by atoms with E-state index >= 15 is 0 Å². The molecule has 0 aliphatic carbocycles. The van der Waals surface area contributed by atoms with Gasteiger partial charge in [0, 0.05) is 50.4 Å². The lowest BCUT2D eigenvalue weighted by Crippen LogP contribution is -2.24. The van der Waals surface area contributed by atoms with Gasteiger partial charge < -0.3 is 14.5 Å². The number of nitrogens with zero attached hydrogens (tertiary/aromatic N) is 3. The molecule has 0 bridgehead atoms. The Hall–Kier alpha value is -3.75. The molecule has 0 spiro atoms. The highest BCUT2D eigenvalue weighted by atomic mass is 16.6. The minimum absolute atomic E-state index is 0.00147. The summed E-state index contributed by atoms with van der Waals surface area (Å²) in [6, 6.07) is 10.5. The van der Waals surface area contributed by atoms with Gasteiger partial charge in [-0.3, -0.25) is 19.7 Å². The number of esters is 1. The standard InChI is InChI=1S/C21H21N3O6/c1-22(2)18-9-8-16(24(28)29)12-17(18)21(27)30-13-19(25)14-5-3-6-15(11-14)23-10-4-7-20(23)26/h3,5-6,8-9,11-12H,4,7,10,13H2,1-2H3. The summed E-state index contributed by atoms with van der Waals surface area (Å²) in [6.45, 7) is 0.0807. The number of rotatable bonds is 7. The number of carbonyl (C=O) groups excluding carboxylic acids is 3. The van der Waals surface area contributed by atoms with Crippen molar-refractivity contribution in [2.45, 2.75) is 12.8 Å². The smallest absolute Gasteiger partial charge is 0.340 e. The zero-order chi connectivity index (χ0) is 21.8. The fraction of sp³-hybridized carbons (Fsp3) is 0.286. The number of amides is 1. The Balaban J connectivity index is 1.73. The highest BCUT2D eigenvalue weighted by molar-refractivity contribution is 6.02. The molecule has 0 radical (unpaired) electrons. The third-order valence-corrected chi connectivity index (χ3v) is 4.78. The van der Waals surface area contributed by atoms with Crippen LogP contribution in [0.15, 0.2) is 42.5 Å². The number of anilines is 2. The van der Waals surface area contributed by atoms with Gasteiger partial charge in [0.05, 0.1) is 16.2 Å². The van der Waals surface area contributed by atoms with Crippen LogP contribution in [0.5, 0.6) is 0 Å². The molecular formula is C21H21N3O6. The van der Waals surface area contributed by atoms with E-state index in [2.05, 4.69) is 0 Å². The maximum atomic E-state index is 12.5. The van der Waals surface area contributed by atoms with E-state index in [-0.39, 0.29) is 17.2 Å². The second kappa shape index (κ2) is 8.73. The van der Waals surface area contributed by atoms with Crippen LogP contribution in [0.4, 0.5) is 17.1 Å². The first kappa shape index (κ1) is 21.0. The highest BCUT2D eigenvalue weighted by Gasteiger charge is 2.23. The SMILES string of the molecule is CN(C)c1ccc([N+](=O)[O-])cc1C(=O)OCC(=O)c1cccc(N2CCCC2=O)c1. The van der Waals surface area contributed by atoms with Gasteiger partial charge in [-0.1, -0.05) is 12.1 Å². The van der Waals surface area contributed by atoms with Crippen molar-refractivity contribution in [1.82, 2.24) is 0 Å². The van der Waals surface area contributed by atoms with Crippen molar-refractivity contribution in [3.8, 4) is 0 Å². The first-order valence-corrected chi connectivity index (χ1v) is 9.34. The molecule has 30 heavy (non-hydrogen) atoms. The van der Waals surface area contributed by atoms with Crippen molar-refractivity contribution < 1.29 is 24.0 Å². The van der Waals surface area contributed by atoms with E-state index in [0.29, 0.717) is 29.9 Å². The largest absolute Gasteiger partial charge is 0.454 e. The molecule has 156 valence electrons. The molecule has 2 aromatic rings. The number of nitro benzene ring substituents is 1. The Labute approximate surface area is 173 Å². The predicted molar refractivity (Wildman–Crippen MR) is 110 cm³/mol. The van der Waals surface area contributed by atoms with Crippen LogP contribution in [-0.4, -0.2) is 49.8 Å². The molecule has 0 N–H and O–H groups in total. The molecule has 0 atom stereocenters. The first-order valence-electron chi connectivity index (χ1n) is 9.34. The third-order valence-electron chi connectivity index (χ3n) is 4.78. The number of Topliss-reactive ketones (excluding diaryl/α,β-unsaturated/α-hetero) is 1. The summed E-state index contributed by atoms with van der Waals surface area (Å²) in [4.78, 5) is 50.6. The average molecular weight is 411 g/mol. The van der Waals surface area contributed by atoms with Crippen LogP contribution in [0, 0.1) is 10.1 Å². The molecule has 1 amide bonds. The van der Waals surface area contributed by atoms with E-state index in [9.17, 15) is 24.5 Å². The minimum atomic E-state index is -0.832. The number of non-ortho nitro benzene ring substituents is 1. The lowest BCUT2D eigenvalue weighted by molar-refractivity contribution is -0.384. The summed E-state index contributed by atoms with van der Waals surface area (Å²) in [5.74, 6) is -1.26. The van der Waals surface area contributed by atoms with Crippen LogP contribution in [0.1, 0.15) is 33.6 Å². The fourth-order valence-electron chi connectivity index (χ4n) is 3.25. The number of carbonyl (C=O) groups is 3. The van der Waals surface area contributed by atoms with Crippen molar-refractivity contribution in [3.05, 3.63) is 63.7 Å². The lowest BCUT2D eigenvalue weighted by atomic mass is 10.1. The van der Waals surface area contributed by atoms with E-state index in [0.717, 1.165) is 12.5 Å². The molecule has 9 nitrogen and oxygen atoms in total. The molecule has 9 heteroatoms. The highest BCUT2D eigenvalue weighted by Crippen LogP contribution is 2.25. The van der Waals surface area contributed by atoms with Crippen LogP contribution in [0.25, 0.3) is 0 Å². The molecule has 2 aromatic carbocycles. The summed E-state index contributed by atoms with van der Waals surface area (Å²) in [7, 11) is 3.38. The van der Waals surface area contributed by atoms with Gasteiger partial charge in [0.2, 0.25) is 5.91 Å². The molecule has 0 aromatic heterocycles. The van der Waals surface area contributed by atoms with Gasteiger partial charge in [-0.25, -0.2) is 4.79 Å². The Morgan fingerprint density at radius 1 is 1.20 bits per heavy atom. The monoisotopic (exact) mass is 411 g/mol. The fourth-order valence-corrected chi connectivity index (χ4v) is 3.25. The van der Waals surface area contributed by atoms with Crippen molar-refractivity contribution in [1.29, 1.82) is 0 Å². The van der Waals surface area contributed by atoms with Crippen molar-refractivity contribution in [2.75, 3.05) is 37.0 Å². The number of ketones is 1. The quantitative estimate of drug-likeness (QED) is 0.298. The number of hydrogen-bond donors (Lipinski definition) is 0. The maximum Gasteiger partial charge on any atom is 0.340 e. The number of nitro groups is 1. The summed E-state index contributed by atoms with van der Waals surface area (Å²) in [5.41, 5.74) is 1.13. The van der Waals surface area contributed by atoms with Crippen LogP contribution in [0.2, 0.25) is 0 Å². The molecule has 1 saturated heterocycles. The van der Waals surface area contributed by atoms with E-state index in [4.69, 9.17) is 4.74 Å². The molecule has 1 heterocycles. The summed E-state index contributed by atoms with van der Waals surface area (Å²) in [6.07, 6.45) is 1.25. The van der Waals surface area contributed by atoms with Gasteiger partial charge in [0.1, 0.15) is 0 Å². The second-order valence-electron chi connectivity index (χ2n) is 7.05. The number of hydrogen-bond acceptors (Lipinski definition) is 7. The Kier molecular flexibility index (Phi) is 6.10. The molecule has 1 aliphatic heterocycles. The summed E-state index contributed by atoms with van der Waals surface area (Å²) < 4.78 is 5.14. The van der Waals surface area contributed by atoms with Gasteiger partial charge in [-0.05, 0) is 24.6 Å². The van der Waals surface area contributed by atoms with Gasteiger partial charge in [0.25, 0.3) is 5.69 Å². The van der Waals surface area contributed by atoms with Crippen molar-refractivity contribution >= 4 is 34.7 Å². The van der Waals surface area contributed by atoms with E-state index in [1.54, 1.807) is 48.2 Å².